The van der Waals surface area contributed by atoms with Gasteiger partial charge in [-0.2, -0.15) is 0 Å². The van der Waals surface area contributed by atoms with Crippen molar-refractivity contribution in [3.63, 3.8) is 0 Å². The van der Waals surface area contributed by atoms with E-state index in [4.69, 9.17) is 4.74 Å². The van der Waals surface area contributed by atoms with Gasteiger partial charge in [-0.15, -0.1) is 0 Å². The van der Waals surface area contributed by atoms with E-state index in [0.29, 0.717) is 0 Å². The third kappa shape index (κ3) is 1.25. The minimum absolute atomic E-state index is 0.100. The summed E-state index contributed by atoms with van der Waals surface area (Å²) >= 11 is 0. The first-order chi connectivity index (χ1) is 6.73. The van der Waals surface area contributed by atoms with E-state index >= 15 is 0 Å². The normalized spacial score (nSPS) is 30.3. The zero-order valence-electron chi connectivity index (χ0n) is 8.53. The average Bonchev–Trinajstić information content (AvgIpc) is 2.08. The molecule has 1 atom stereocenters. The standard InChI is InChI=1S/C10H17NO3/c1-14-9(13)8-3-6-11(8)10(7-12)4-2-5-10/h8,12H,2-7H2,1H3. The van der Waals surface area contributed by atoms with Crippen molar-refractivity contribution < 1.29 is 14.6 Å². The molecule has 4 nitrogen and oxygen atoms in total. The van der Waals surface area contributed by atoms with Gasteiger partial charge in [0.05, 0.1) is 13.7 Å². The third-order valence-electron chi connectivity index (χ3n) is 3.68. The van der Waals surface area contributed by atoms with E-state index < -0.39 is 0 Å². The van der Waals surface area contributed by atoms with Crippen molar-refractivity contribution in [2.75, 3.05) is 20.3 Å². The monoisotopic (exact) mass is 199 g/mol. The van der Waals surface area contributed by atoms with Gasteiger partial charge in [0.2, 0.25) is 0 Å². The summed E-state index contributed by atoms with van der Waals surface area (Å²) in [6.07, 6.45) is 4.05. The highest BCUT2D eigenvalue weighted by Crippen LogP contribution is 2.42. The predicted molar refractivity (Wildman–Crippen MR) is 50.8 cm³/mol. The zero-order valence-corrected chi connectivity index (χ0v) is 8.53. The van der Waals surface area contributed by atoms with Crippen LogP contribution in [0, 0.1) is 0 Å². The van der Waals surface area contributed by atoms with E-state index in [1.54, 1.807) is 0 Å². The van der Waals surface area contributed by atoms with E-state index in [-0.39, 0.29) is 24.2 Å². The lowest BCUT2D eigenvalue weighted by molar-refractivity contribution is -0.166. The Morgan fingerprint density at radius 3 is 2.64 bits per heavy atom. The second-order valence-electron chi connectivity index (χ2n) is 4.26. The number of ether oxygens (including phenoxy) is 1. The maximum Gasteiger partial charge on any atom is 0.323 e. The highest BCUT2D eigenvalue weighted by Gasteiger charge is 2.51. The highest BCUT2D eigenvalue weighted by molar-refractivity contribution is 5.76. The fraction of sp³-hybridized carbons (Fsp3) is 0.900. The molecule has 1 N–H and O–H groups in total. The molecule has 0 aromatic heterocycles. The number of likely N-dealkylation sites (tertiary alicyclic amines) is 1. The van der Waals surface area contributed by atoms with Gasteiger partial charge in [0.1, 0.15) is 6.04 Å². The fourth-order valence-electron chi connectivity index (χ4n) is 2.46. The van der Waals surface area contributed by atoms with Crippen molar-refractivity contribution in [1.82, 2.24) is 4.90 Å². The van der Waals surface area contributed by atoms with Crippen LogP contribution in [-0.4, -0.2) is 47.8 Å². The number of rotatable bonds is 3. The number of esters is 1. The van der Waals surface area contributed by atoms with Gasteiger partial charge >= 0.3 is 5.97 Å². The maximum absolute atomic E-state index is 11.4. The van der Waals surface area contributed by atoms with Gasteiger partial charge in [-0.1, -0.05) is 0 Å². The number of nitrogens with zero attached hydrogens (tertiary/aromatic N) is 1. The Bertz CT molecular complexity index is 232. The Morgan fingerprint density at radius 2 is 2.36 bits per heavy atom. The van der Waals surface area contributed by atoms with Gasteiger partial charge in [0.15, 0.2) is 0 Å². The van der Waals surface area contributed by atoms with Gasteiger partial charge < -0.3 is 9.84 Å². The molecule has 1 saturated carbocycles. The Balaban J connectivity index is 2.01. The van der Waals surface area contributed by atoms with Crippen LogP contribution >= 0.6 is 0 Å². The maximum atomic E-state index is 11.4. The molecule has 0 aromatic rings. The van der Waals surface area contributed by atoms with Crippen molar-refractivity contribution in [2.45, 2.75) is 37.3 Å². The smallest absolute Gasteiger partial charge is 0.323 e. The molecule has 0 amide bonds. The van der Waals surface area contributed by atoms with Gasteiger partial charge in [-0.3, -0.25) is 9.69 Å². The topological polar surface area (TPSA) is 49.8 Å². The lowest BCUT2D eigenvalue weighted by atomic mass is 9.73. The minimum atomic E-state index is -0.157. The number of aliphatic hydroxyl groups excluding tert-OH is 1. The summed E-state index contributed by atoms with van der Waals surface area (Å²) in [5.74, 6) is -0.157. The van der Waals surface area contributed by atoms with Gasteiger partial charge in [0, 0.05) is 12.1 Å². The number of hydrogen-bond acceptors (Lipinski definition) is 4. The van der Waals surface area contributed by atoms with E-state index in [0.717, 1.165) is 32.2 Å². The molecule has 2 rings (SSSR count). The molecule has 4 heteroatoms. The van der Waals surface area contributed by atoms with Crippen LogP contribution in [-0.2, 0) is 9.53 Å². The van der Waals surface area contributed by atoms with Crippen molar-refractivity contribution >= 4 is 5.97 Å². The third-order valence-corrected chi connectivity index (χ3v) is 3.68. The predicted octanol–water partition coefficient (Wildman–Crippen LogP) is 0.149. The lowest BCUT2D eigenvalue weighted by Gasteiger charge is -2.56. The van der Waals surface area contributed by atoms with Crippen LogP contribution in [0.1, 0.15) is 25.7 Å². The fourth-order valence-corrected chi connectivity index (χ4v) is 2.46. The van der Waals surface area contributed by atoms with Crippen molar-refractivity contribution in [3.05, 3.63) is 0 Å². The first-order valence-corrected chi connectivity index (χ1v) is 5.19. The quantitative estimate of drug-likeness (QED) is 0.657. The molecule has 0 bridgehead atoms. The Kier molecular flexibility index (Phi) is 2.49. The summed E-state index contributed by atoms with van der Waals surface area (Å²) < 4.78 is 4.73. The molecule has 1 unspecified atom stereocenters. The summed E-state index contributed by atoms with van der Waals surface area (Å²) in [4.78, 5) is 13.5. The molecule has 14 heavy (non-hydrogen) atoms. The molecule has 2 fully saturated rings. The summed E-state index contributed by atoms with van der Waals surface area (Å²) in [7, 11) is 1.42. The van der Waals surface area contributed by atoms with Crippen LogP contribution in [0.3, 0.4) is 0 Å². The number of carbonyl (C=O) groups is 1. The molecule has 1 aliphatic carbocycles. The summed E-state index contributed by atoms with van der Waals surface area (Å²) in [6.45, 7) is 1.08. The van der Waals surface area contributed by atoms with Crippen LogP contribution in [0.4, 0.5) is 0 Å². The second kappa shape index (κ2) is 3.51. The number of aliphatic hydroxyl groups is 1. The molecule has 1 aliphatic heterocycles. The van der Waals surface area contributed by atoms with E-state index in [2.05, 4.69) is 4.90 Å². The van der Waals surface area contributed by atoms with Crippen LogP contribution in [0.5, 0.6) is 0 Å². The Hall–Kier alpha value is -0.610. The Morgan fingerprint density at radius 1 is 1.64 bits per heavy atom. The van der Waals surface area contributed by atoms with Crippen molar-refractivity contribution in [2.24, 2.45) is 0 Å². The molecular weight excluding hydrogens is 182 g/mol. The minimum Gasteiger partial charge on any atom is -0.468 e. The van der Waals surface area contributed by atoms with E-state index in [9.17, 15) is 9.90 Å². The van der Waals surface area contributed by atoms with Crippen LogP contribution in [0.2, 0.25) is 0 Å². The molecule has 1 heterocycles. The van der Waals surface area contributed by atoms with Gasteiger partial charge in [0.25, 0.3) is 0 Å². The summed E-state index contributed by atoms with van der Waals surface area (Å²) in [6, 6.07) is -0.104. The SMILES string of the molecule is COC(=O)C1CCN1C1(CO)CCC1. The highest BCUT2D eigenvalue weighted by atomic mass is 16.5. The molecule has 2 aliphatic rings. The van der Waals surface area contributed by atoms with Crippen LogP contribution < -0.4 is 0 Å². The number of carbonyl (C=O) groups excluding carboxylic acids is 1. The van der Waals surface area contributed by atoms with E-state index in [1.165, 1.54) is 7.11 Å². The largest absolute Gasteiger partial charge is 0.468 e. The van der Waals surface area contributed by atoms with Gasteiger partial charge in [-0.05, 0) is 25.7 Å². The van der Waals surface area contributed by atoms with Gasteiger partial charge in [-0.25, -0.2) is 0 Å². The molecule has 0 radical (unpaired) electrons. The molecule has 1 saturated heterocycles. The Labute approximate surface area is 83.8 Å². The molecule has 80 valence electrons. The van der Waals surface area contributed by atoms with Crippen LogP contribution in [0.25, 0.3) is 0 Å². The number of methoxy groups -OCH3 is 1. The van der Waals surface area contributed by atoms with E-state index in [1.807, 2.05) is 0 Å². The molecule has 0 aromatic carbocycles. The van der Waals surface area contributed by atoms with Crippen molar-refractivity contribution in [3.8, 4) is 0 Å². The number of hydrogen-bond donors (Lipinski definition) is 1. The summed E-state index contributed by atoms with van der Waals surface area (Å²) in [5.41, 5.74) is -0.100. The first-order valence-electron chi connectivity index (χ1n) is 5.19. The average molecular weight is 199 g/mol. The van der Waals surface area contributed by atoms with Crippen LogP contribution in [0.15, 0.2) is 0 Å². The zero-order chi connectivity index (χ0) is 10.2. The van der Waals surface area contributed by atoms with Crippen molar-refractivity contribution in [1.29, 1.82) is 0 Å². The molecular formula is C10H17NO3. The summed E-state index contributed by atoms with van der Waals surface area (Å²) in [5, 5.41) is 9.35. The molecule has 0 spiro atoms. The first kappa shape index (κ1) is 9.93. The lowest BCUT2D eigenvalue weighted by Crippen LogP contribution is -2.67. The second-order valence-corrected chi connectivity index (χ2v) is 4.26.